The molecule has 1 heterocycles. The van der Waals surface area contributed by atoms with Crippen LogP contribution >= 0.6 is 0 Å². The number of methoxy groups -OCH3 is 2. The number of sulfonamides is 1. The molecule has 0 saturated carbocycles. The predicted octanol–water partition coefficient (Wildman–Crippen LogP) is 3.82. The summed E-state index contributed by atoms with van der Waals surface area (Å²) in [5.74, 6) is 0.947. The maximum absolute atomic E-state index is 13.2. The van der Waals surface area contributed by atoms with Gasteiger partial charge in [0.15, 0.2) is 11.5 Å². The zero-order valence-electron chi connectivity index (χ0n) is 16.7. The molecule has 0 spiro atoms. The normalized spacial score (nSPS) is 11.2. The molecule has 30 heavy (non-hydrogen) atoms. The van der Waals surface area contributed by atoms with Crippen LogP contribution in [0.25, 0.3) is 0 Å². The van der Waals surface area contributed by atoms with Gasteiger partial charge in [0.1, 0.15) is 11.6 Å². The van der Waals surface area contributed by atoms with Gasteiger partial charge in [-0.2, -0.15) is 0 Å². The van der Waals surface area contributed by atoms with Gasteiger partial charge in [-0.3, -0.25) is 0 Å². The Bertz CT molecular complexity index is 1130. The largest absolute Gasteiger partial charge is 0.493 e. The topological polar surface area (TPSA) is 86.8 Å². The van der Waals surface area contributed by atoms with Crippen LogP contribution < -0.4 is 18.9 Å². The Kier molecular flexibility index (Phi) is 6.53. The lowest BCUT2D eigenvalue weighted by atomic mass is 10.2. The smallest absolute Gasteiger partial charge is 0.241 e. The van der Waals surface area contributed by atoms with Crippen molar-refractivity contribution in [2.75, 3.05) is 14.2 Å². The average Bonchev–Trinajstić information content (AvgIpc) is 2.73. The molecule has 2 aromatic carbocycles. The van der Waals surface area contributed by atoms with Gasteiger partial charge in [0.05, 0.1) is 19.1 Å². The van der Waals surface area contributed by atoms with Gasteiger partial charge in [0.25, 0.3) is 0 Å². The van der Waals surface area contributed by atoms with Crippen LogP contribution in [0, 0.1) is 12.7 Å². The summed E-state index contributed by atoms with van der Waals surface area (Å²) in [4.78, 5) is 4.23. The number of ether oxygens (including phenoxy) is 3. The third kappa shape index (κ3) is 5.05. The highest BCUT2D eigenvalue weighted by Gasteiger charge is 2.20. The van der Waals surface area contributed by atoms with Crippen molar-refractivity contribution in [2.24, 2.45) is 0 Å². The Balaban J connectivity index is 1.70. The number of hydrogen-bond acceptors (Lipinski definition) is 6. The summed E-state index contributed by atoms with van der Waals surface area (Å²) < 4.78 is 57.1. The first-order valence-electron chi connectivity index (χ1n) is 8.93. The molecule has 0 radical (unpaired) electrons. The number of aryl methyl sites for hydroxylation is 1. The minimum atomic E-state index is -3.80. The number of aromatic nitrogens is 1. The van der Waals surface area contributed by atoms with Gasteiger partial charge < -0.3 is 14.2 Å². The molecular formula is C21H21FN2O5S. The average molecular weight is 432 g/mol. The third-order valence-corrected chi connectivity index (χ3v) is 5.80. The van der Waals surface area contributed by atoms with Crippen molar-refractivity contribution < 1.29 is 27.0 Å². The van der Waals surface area contributed by atoms with Crippen molar-refractivity contribution in [2.45, 2.75) is 18.4 Å². The van der Waals surface area contributed by atoms with E-state index in [2.05, 4.69) is 9.71 Å². The molecule has 0 amide bonds. The lowest BCUT2D eigenvalue weighted by Gasteiger charge is -2.14. The molecule has 158 valence electrons. The van der Waals surface area contributed by atoms with Gasteiger partial charge in [0, 0.05) is 30.9 Å². The number of pyridine rings is 1. The summed E-state index contributed by atoms with van der Waals surface area (Å²) >= 11 is 0. The fourth-order valence-corrected chi connectivity index (χ4v) is 3.99. The number of halogens is 1. The molecule has 0 bridgehead atoms. The summed E-state index contributed by atoms with van der Waals surface area (Å²) in [7, 11) is -0.871. The molecule has 3 aromatic rings. The fraction of sp³-hybridized carbons (Fsp3) is 0.190. The number of hydrogen-bond donors (Lipinski definition) is 1. The second kappa shape index (κ2) is 9.10. The molecule has 0 atom stereocenters. The summed E-state index contributed by atoms with van der Waals surface area (Å²) in [5, 5.41) is 0. The molecule has 0 saturated heterocycles. The lowest BCUT2D eigenvalue weighted by molar-refractivity contribution is 0.353. The van der Waals surface area contributed by atoms with Crippen LogP contribution in [0.5, 0.6) is 23.1 Å². The minimum absolute atomic E-state index is 0.0311. The van der Waals surface area contributed by atoms with Crippen molar-refractivity contribution in [1.82, 2.24) is 9.71 Å². The standard InChI is InChI=1S/C21H21FN2O5S/c1-14-9-18(27-2)19(28-3)11-20(14)30(25,26)24-13-15-7-8-21(23-12-15)29-17-6-4-5-16(22)10-17/h4-12,24H,13H2,1-3H3. The molecule has 0 aliphatic heterocycles. The monoisotopic (exact) mass is 432 g/mol. The van der Waals surface area contributed by atoms with Gasteiger partial charge >= 0.3 is 0 Å². The highest BCUT2D eigenvalue weighted by Crippen LogP contribution is 2.32. The van der Waals surface area contributed by atoms with E-state index in [0.717, 1.165) is 0 Å². The Morgan fingerprint density at radius 3 is 2.40 bits per heavy atom. The maximum Gasteiger partial charge on any atom is 0.241 e. The molecule has 0 fully saturated rings. The molecule has 0 aliphatic rings. The highest BCUT2D eigenvalue weighted by atomic mass is 32.2. The van der Waals surface area contributed by atoms with Crippen LogP contribution in [0.15, 0.2) is 59.6 Å². The zero-order chi connectivity index (χ0) is 21.7. The van der Waals surface area contributed by atoms with Gasteiger partial charge in [-0.1, -0.05) is 12.1 Å². The number of rotatable bonds is 8. The van der Waals surface area contributed by atoms with Crippen LogP contribution in [0.2, 0.25) is 0 Å². The predicted molar refractivity (Wildman–Crippen MR) is 109 cm³/mol. The quantitative estimate of drug-likeness (QED) is 0.582. The minimum Gasteiger partial charge on any atom is -0.493 e. The first kappa shape index (κ1) is 21.5. The third-order valence-electron chi connectivity index (χ3n) is 4.25. The Hall–Kier alpha value is -3.17. The van der Waals surface area contributed by atoms with Gasteiger partial charge in [-0.05, 0) is 36.2 Å². The first-order valence-corrected chi connectivity index (χ1v) is 10.4. The van der Waals surface area contributed by atoms with Crippen molar-refractivity contribution in [1.29, 1.82) is 0 Å². The number of nitrogens with one attached hydrogen (secondary N) is 1. The highest BCUT2D eigenvalue weighted by molar-refractivity contribution is 7.89. The second-order valence-corrected chi connectivity index (χ2v) is 8.10. The molecule has 3 rings (SSSR count). The summed E-state index contributed by atoms with van der Waals surface area (Å²) in [6.07, 6.45) is 1.48. The van der Waals surface area contributed by atoms with E-state index in [1.165, 1.54) is 44.7 Å². The van der Waals surface area contributed by atoms with Crippen LogP contribution in [0.4, 0.5) is 4.39 Å². The Labute approximate surface area is 174 Å². The van der Waals surface area contributed by atoms with Gasteiger partial charge in [-0.25, -0.2) is 22.5 Å². The van der Waals surface area contributed by atoms with E-state index in [9.17, 15) is 12.8 Å². The zero-order valence-corrected chi connectivity index (χ0v) is 17.5. The van der Waals surface area contributed by atoms with E-state index in [1.54, 1.807) is 31.2 Å². The van der Waals surface area contributed by atoms with E-state index in [1.807, 2.05) is 0 Å². The van der Waals surface area contributed by atoms with E-state index in [4.69, 9.17) is 14.2 Å². The molecular weight excluding hydrogens is 411 g/mol. The lowest BCUT2D eigenvalue weighted by Crippen LogP contribution is -2.24. The van der Waals surface area contributed by atoms with Crippen molar-refractivity contribution >= 4 is 10.0 Å². The SMILES string of the molecule is COc1cc(C)c(S(=O)(=O)NCc2ccc(Oc3cccc(F)c3)nc2)cc1OC. The van der Waals surface area contributed by atoms with Crippen LogP contribution in [-0.2, 0) is 16.6 Å². The van der Waals surface area contributed by atoms with Crippen molar-refractivity contribution in [3.8, 4) is 23.1 Å². The van der Waals surface area contributed by atoms with Crippen molar-refractivity contribution in [3.05, 3.63) is 71.7 Å². The van der Waals surface area contributed by atoms with E-state index in [0.29, 0.717) is 28.4 Å². The Morgan fingerprint density at radius 1 is 1.03 bits per heavy atom. The van der Waals surface area contributed by atoms with Gasteiger partial charge in [0.2, 0.25) is 15.9 Å². The van der Waals surface area contributed by atoms with Crippen LogP contribution in [0.1, 0.15) is 11.1 Å². The maximum atomic E-state index is 13.2. The van der Waals surface area contributed by atoms with E-state index >= 15 is 0 Å². The number of benzene rings is 2. The van der Waals surface area contributed by atoms with Crippen LogP contribution in [0.3, 0.4) is 0 Å². The molecule has 0 aliphatic carbocycles. The Morgan fingerprint density at radius 2 is 1.77 bits per heavy atom. The number of nitrogens with zero attached hydrogens (tertiary/aromatic N) is 1. The van der Waals surface area contributed by atoms with E-state index < -0.39 is 15.8 Å². The van der Waals surface area contributed by atoms with E-state index in [-0.39, 0.29) is 17.3 Å². The molecule has 7 nitrogen and oxygen atoms in total. The molecule has 1 N–H and O–H groups in total. The second-order valence-electron chi connectivity index (χ2n) is 6.36. The molecule has 9 heteroatoms. The molecule has 1 aromatic heterocycles. The fourth-order valence-electron chi connectivity index (χ4n) is 2.73. The van der Waals surface area contributed by atoms with Crippen molar-refractivity contribution in [3.63, 3.8) is 0 Å². The first-order chi connectivity index (χ1) is 14.3. The summed E-state index contributed by atoms with van der Waals surface area (Å²) in [6, 6.07) is 12.0. The summed E-state index contributed by atoms with van der Waals surface area (Å²) in [5.41, 5.74) is 1.15. The molecule has 0 unspecified atom stereocenters. The van der Waals surface area contributed by atoms with Crippen LogP contribution in [-0.4, -0.2) is 27.6 Å². The summed E-state index contributed by atoms with van der Waals surface area (Å²) in [6.45, 7) is 1.71. The van der Waals surface area contributed by atoms with Gasteiger partial charge in [-0.15, -0.1) is 0 Å².